The third-order valence-electron chi connectivity index (χ3n) is 2.28. The SMILES string of the molecule is C=C(C)C(NCC)c1ccc(F)c(F)c1Br. The molecule has 1 nitrogen and oxygen atoms in total. The van der Waals surface area contributed by atoms with Crippen LogP contribution in [0.1, 0.15) is 25.5 Å². The molecule has 1 aromatic carbocycles. The molecule has 0 radical (unpaired) electrons. The lowest BCUT2D eigenvalue weighted by atomic mass is 10.0. The Labute approximate surface area is 103 Å². The van der Waals surface area contributed by atoms with Gasteiger partial charge in [0.15, 0.2) is 11.6 Å². The van der Waals surface area contributed by atoms with Crippen LogP contribution in [0.5, 0.6) is 0 Å². The molecule has 0 aliphatic heterocycles. The van der Waals surface area contributed by atoms with Gasteiger partial charge in [-0.25, -0.2) is 8.78 Å². The summed E-state index contributed by atoms with van der Waals surface area (Å²) in [6, 6.07) is 2.52. The molecule has 0 saturated heterocycles. The number of benzene rings is 1. The van der Waals surface area contributed by atoms with E-state index in [2.05, 4.69) is 27.8 Å². The predicted octanol–water partition coefficient (Wildman–Crippen LogP) is 3.95. The number of hydrogen-bond donors (Lipinski definition) is 1. The molecule has 0 fully saturated rings. The largest absolute Gasteiger partial charge is 0.307 e. The van der Waals surface area contributed by atoms with Gasteiger partial charge < -0.3 is 5.32 Å². The molecule has 88 valence electrons. The van der Waals surface area contributed by atoms with Crippen molar-refractivity contribution in [3.05, 3.63) is 46.0 Å². The highest BCUT2D eigenvalue weighted by Crippen LogP contribution is 2.30. The summed E-state index contributed by atoms with van der Waals surface area (Å²) in [5.74, 6) is -1.71. The lowest BCUT2D eigenvalue weighted by Gasteiger charge is -2.20. The van der Waals surface area contributed by atoms with Crippen LogP contribution in [0, 0.1) is 11.6 Å². The van der Waals surface area contributed by atoms with Crippen molar-refractivity contribution in [2.75, 3.05) is 6.54 Å². The monoisotopic (exact) mass is 289 g/mol. The maximum Gasteiger partial charge on any atom is 0.173 e. The second-order valence-electron chi connectivity index (χ2n) is 3.60. The normalized spacial score (nSPS) is 12.6. The predicted molar refractivity (Wildman–Crippen MR) is 65.3 cm³/mol. The molecule has 4 heteroatoms. The molecule has 16 heavy (non-hydrogen) atoms. The van der Waals surface area contributed by atoms with Crippen LogP contribution in [0.3, 0.4) is 0 Å². The van der Waals surface area contributed by atoms with Crippen LogP contribution < -0.4 is 5.32 Å². The fourth-order valence-electron chi connectivity index (χ4n) is 1.52. The highest BCUT2D eigenvalue weighted by molar-refractivity contribution is 9.10. The molecule has 0 spiro atoms. The van der Waals surface area contributed by atoms with Gasteiger partial charge in [0, 0.05) is 0 Å². The molecular weight excluding hydrogens is 276 g/mol. The van der Waals surface area contributed by atoms with Crippen LogP contribution in [0.2, 0.25) is 0 Å². The maximum absolute atomic E-state index is 13.4. The Morgan fingerprint density at radius 1 is 1.50 bits per heavy atom. The standard InChI is InChI=1S/C12H14BrF2N/c1-4-16-12(7(2)3)8-5-6-9(14)11(15)10(8)13/h5-6,12,16H,2,4H2,1,3H3. The summed E-state index contributed by atoms with van der Waals surface area (Å²) in [7, 11) is 0. The number of rotatable bonds is 4. The zero-order chi connectivity index (χ0) is 12.3. The molecule has 1 rings (SSSR count). The number of hydrogen-bond acceptors (Lipinski definition) is 1. The Balaban J connectivity index is 3.20. The van der Waals surface area contributed by atoms with E-state index < -0.39 is 11.6 Å². The molecule has 1 atom stereocenters. The van der Waals surface area contributed by atoms with Gasteiger partial charge >= 0.3 is 0 Å². The molecule has 0 bridgehead atoms. The maximum atomic E-state index is 13.4. The zero-order valence-corrected chi connectivity index (χ0v) is 10.9. The van der Waals surface area contributed by atoms with E-state index in [9.17, 15) is 8.78 Å². The Kier molecular flexibility index (Phi) is 4.62. The Morgan fingerprint density at radius 3 is 2.62 bits per heavy atom. The number of likely N-dealkylation sites (N-methyl/N-ethyl adjacent to an activating group) is 1. The summed E-state index contributed by atoms with van der Waals surface area (Å²) < 4.78 is 26.5. The Hall–Kier alpha value is -0.740. The zero-order valence-electron chi connectivity index (χ0n) is 9.28. The molecule has 1 aromatic rings. The first-order valence-corrected chi connectivity index (χ1v) is 5.80. The van der Waals surface area contributed by atoms with Gasteiger partial charge in [-0.1, -0.05) is 25.1 Å². The van der Waals surface area contributed by atoms with Crippen molar-refractivity contribution >= 4 is 15.9 Å². The summed E-state index contributed by atoms with van der Waals surface area (Å²) >= 11 is 3.07. The Bertz CT molecular complexity index is 404. The van der Waals surface area contributed by atoms with Gasteiger partial charge in [0.1, 0.15) is 0 Å². The summed E-state index contributed by atoms with van der Waals surface area (Å²) in [5.41, 5.74) is 1.52. The molecule has 0 aliphatic carbocycles. The van der Waals surface area contributed by atoms with E-state index in [1.54, 1.807) is 6.07 Å². The van der Waals surface area contributed by atoms with Gasteiger partial charge in [-0.15, -0.1) is 0 Å². The van der Waals surface area contributed by atoms with Crippen LogP contribution in [-0.4, -0.2) is 6.54 Å². The van der Waals surface area contributed by atoms with Gasteiger partial charge in [-0.2, -0.15) is 0 Å². The third-order valence-corrected chi connectivity index (χ3v) is 3.08. The second-order valence-corrected chi connectivity index (χ2v) is 4.39. The van der Waals surface area contributed by atoms with Crippen molar-refractivity contribution in [3.63, 3.8) is 0 Å². The fraction of sp³-hybridized carbons (Fsp3) is 0.333. The number of nitrogens with one attached hydrogen (secondary N) is 1. The van der Waals surface area contributed by atoms with Crippen molar-refractivity contribution in [2.45, 2.75) is 19.9 Å². The van der Waals surface area contributed by atoms with Crippen molar-refractivity contribution in [3.8, 4) is 0 Å². The van der Waals surface area contributed by atoms with Crippen LogP contribution in [0.25, 0.3) is 0 Å². The quantitative estimate of drug-likeness (QED) is 0.654. The van der Waals surface area contributed by atoms with Crippen LogP contribution in [0.15, 0.2) is 28.8 Å². The lowest BCUT2D eigenvalue weighted by Crippen LogP contribution is -2.22. The summed E-state index contributed by atoms with van der Waals surface area (Å²) in [4.78, 5) is 0. The van der Waals surface area contributed by atoms with Crippen molar-refractivity contribution < 1.29 is 8.78 Å². The van der Waals surface area contributed by atoms with Gasteiger partial charge in [0.05, 0.1) is 10.5 Å². The first-order valence-electron chi connectivity index (χ1n) is 5.01. The lowest BCUT2D eigenvalue weighted by molar-refractivity contribution is 0.498. The van der Waals surface area contributed by atoms with E-state index >= 15 is 0 Å². The minimum atomic E-state index is -0.860. The molecule has 0 saturated carbocycles. The molecule has 1 unspecified atom stereocenters. The van der Waals surface area contributed by atoms with E-state index in [4.69, 9.17) is 0 Å². The summed E-state index contributed by atoms with van der Waals surface area (Å²) in [6.07, 6.45) is 0. The minimum Gasteiger partial charge on any atom is -0.307 e. The topological polar surface area (TPSA) is 12.0 Å². The Morgan fingerprint density at radius 2 is 2.12 bits per heavy atom. The average molecular weight is 290 g/mol. The van der Waals surface area contributed by atoms with Gasteiger partial charge in [0.25, 0.3) is 0 Å². The molecule has 0 heterocycles. The van der Waals surface area contributed by atoms with Gasteiger partial charge in [-0.3, -0.25) is 0 Å². The smallest absolute Gasteiger partial charge is 0.173 e. The van der Waals surface area contributed by atoms with Crippen molar-refractivity contribution in [1.29, 1.82) is 0 Å². The second kappa shape index (κ2) is 5.55. The third kappa shape index (κ3) is 2.68. The number of halogens is 3. The first kappa shape index (κ1) is 13.3. The molecule has 0 aromatic heterocycles. The van der Waals surface area contributed by atoms with Crippen LogP contribution in [-0.2, 0) is 0 Å². The molecule has 0 aliphatic rings. The van der Waals surface area contributed by atoms with Gasteiger partial charge in [0.2, 0.25) is 0 Å². The van der Waals surface area contributed by atoms with Crippen molar-refractivity contribution in [1.82, 2.24) is 5.32 Å². The van der Waals surface area contributed by atoms with Crippen LogP contribution >= 0.6 is 15.9 Å². The summed E-state index contributed by atoms with van der Waals surface area (Å²) in [6.45, 7) is 8.37. The van der Waals surface area contributed by atoms with Crippen molar-refractivity contribution in [2.24, 2.45) is 0 Å². The highest BCUT2D eigenvalue weighted by atomic mass is 79.9. The highest BCUT2D eigenvalue weighted by Gasteiger charge is 2.18. The van der Waals surface area contributed by atoms with Gasteiger partial charge in [-0.05, 0) is 41.0 Å². The molecule has 1 N–H and O–H groups in total. The van der Waals surface area contributed by atoms with Crippen LogP contribution in [0.4, 0.5) is 8.78 Å². The van der Waals surface area contributed by atoms with E-state index in [-0.39, 0.29) is 10.5 Å². The first-order chi connectivity index (χ1) is 7.49. The minimum absolute atomic E-state index is 0.154. The van der Waals surface area contributed by atoms with E-state index in [0.29, 0.717) is 5.56 Å². The average Bonchev–Trinajstić information content (AvgIpc) is 2.24. The van der Waals surface area contributed by atoms with E-state index in [0.717, 1.165) is 18.2 Å². The fourth-order valence-corrected chi connectivity index (χ4v) is 2.07. The van der Waals surface area contributed by atoms with E-state index in [1.165, 1.54) is 0 Å². The molecular formula is C12H14BrF2N. The summed E-state index contributed by atoms with van der Waals surface area (Å²) in [5, 5.41) is 3.17. The molecule has 0 amide bonds. The van der Waals surface area contributed by atoms with E-state index in [1.807, 2.05) is 13.8 Å².